The lowest BCUT2D eigenvalue weighted by atomic mass is 10.2. The molecule has 0 rings (SSSR count). The van der Waals surface area contributed by atoms with Gasteiger partial charge >= 0.3 is 0 Å². The largest absolute Gasteiger partial charge is 0.408 e. The summed E-state index contributed by atoms with van der Waals surface area (Å²) in [5, 5.41) is 0. The molecule has 0 N–H and O–H groups in total. The molecule has 1 nitrogen and oxygen atoms in total. The molecule has 2 heteroatoms. The fraction of sp³-hybridized carbons (Fsp3) is 0.800. The van der Waals surface area contributed by atoms with Crippen LogP contribution >= 0.6 is 0 Å². The van der Waals surface area contributed by atoms with Gasteiger partial charge in [-0.25, -0.2) is 0 Å². The maximum atomic E-state index is 6.06. The van der Waals surface area contributed by atoms with Gasteiger partial charge in [-0.2, -0.15) is 0 Å². The molecule has 0 aromatic rings. The molecule has 0 aromatic carbocycles. The molecule has 0 radical (unpaired) electrons. The van der Waals surface area contributed by atoms with Gasteiger partial charge in [0.25, 0.3) is 0 Å². The lowest BCUT2D eigenvalue weighted by Gasteiger charge is -2.35. The fourth-order valence-corrected chi connectivity index (χ4v) is 3.16. The minimum atomic E-state index is -1.67. The van der Waals surface area contributed by atoms with Gasteiger partial charge in [0.15, 0.2) is 0 Å². The number of hydrogen-bond donors (Lipinski definition) is 0. The van der Waals surface area contributed by atoms with Crippen LogP contribution in [0.2, 0.25) is 12.1 Å². The van der Waals surface area contributed by atoms with Gasteiger partial charge in [-0.15, -0.1) is 6.58 Å². The van der Waals surface area contributed by atoms with Crippen molar-refractivity contribution in [3.63, 3.8) is 0 Å². The molecular weight excluding hydrogens is 164 g/mol. The Balaban J connectivity index is 4.45. The standard InChI is InChI=1S/C10H22OSi/c1-8-12(7,9(2)3)11-10(4,5)6/h8-9H,1H2,2-7H3. The highest BCUT2D eigenvalue weighted by Crippen LogP contribution is 2.27. The summed E-state index contributed by atoms with van der Waals surface area (Å²) in [6.07, 6.45) is 0. The zero-order valence-electron chi connectivity index (χ0n) is 9.27. The second-order valence-corrected chi connectivity index (χ2v) is 8.89. The van der Waals surface area contributed by atoms with Crippen molar-refractivity contribution in [2.75, 3.05) is 0 Å². The second kappa shape index (κ2) is 3.75. The molecule has 0 spiro atoms. The van der Waals surface area contributed by atoms with E-state index in [0.717, 1.165) is 0 Å². The predicted octanol–water partition coefficient (Wildman–Crippen LogP) is 3.51. The van der Waals surface area contributed by atoms with Crippen LogP contribution in [-0.2, 0) is 4.43 Å². The highest BCUT2D eigenvalue weighted by atomic mass is 28.4. The number of rotatable bonds is 3. The molecule has 0 aliphatic rings. The lowest BCUT2D eigenvalue weighted by molar-refractivity contribution is 0.119. The topological polar surface area (TPSA) is 9.23 Å². The third kappa shape index (κ3) is 3.54. The molecule has 0 fully saturated rings. The first-order chi connectivity index (χ1) is 5.21. The Kier molecular flexibility index (Phi) is 3.73. The van der Waals surface area contributed by atoms with E-state index in [4.69, 9.17) is 4.43 Å². The van der Waals surface area contributed by atoms with Gasteiger partial charge in [0.05, 0.1) is 0 Å². The highest BCUT2D eigenvalue weighted by molar-refractivity contribution is 6.78. The Morgan fingerprint density at radius 2 is 1.75 bits per heavy atom. The van der Waals surface area contributed by atoms with E-state index in [1.54, 1.807) is 0 Å². The minimum Gasteiger partial charge on any atom is -0.408 e. The summed E-state index contributed by atoms with van der Waals surface area (Å²) in [7, 11) is -1.67. The molecule has 72 valence electrons. The van der Waals surface area contributed by atoms with E-state index in [-0.39, 0.29) is 5.60 Å². The van der Waals surface area contributed by atoms with Gasteiger partial charge in [0, 0.05) is 5.60 Å². The van der Waals surface area contributed by atoms with Crippen molar-refractivity contribution in [2.45, 2.75) is 52.3 Å². The molecule has 0 heterocycles. The van der Waals surface area contributed by atoms with Crippen molar-refractivity contribution < 1.29 is 4.43 Å². The van der Waals surface area contributed by atoms with Crippen LogP contribution in [0.1, 0.15) is 34.6 Å². The average Bonchev–Trinajstić information content (AvgIpc) is 1.83. The molecule has 1 atom stereocenters. The Morgan fingerprint density at radius 3 is 1.83 bits per heavy atom. The SMILES string of the molecule is C=C[Si](C)(OC(C)(C)C)C(C)C. The maximum absolute atomic E-state index is 6.06. The van der Waals surface area contributed by atoms with E-state index in [1.807, 2.05) is 5.70 Å². The molecule has 0 aliphatic carbocycles. The number of hydrogen-bond acceptors (Lipinski definition) is 1. The lowest BCUT2D eigenvalue weighted by Crippen LogP contribution is -2.42. The second-order valence-electron chi connectivity index (χ2n) is 4.76. The average molecular weight is 186 g/mol. The van der Waals surface area contributed by atoms with Gasteiger partial charge in [0.1, 0.15) is 0 Å². The third-order valence-corrected chi connectivity index (χ3v) is 6.23. The van der Waals surface area contributed by atoms with Gasteiger partial charge in [0.2, 0.25) is 8.32 Å². The van der Waals surface area contributed by atoms with Crippen LogP contribution in [0, 0.1) is 0 Å². The van der Waals surface area contributed by atoms with Crippen LogP contribution in [0.5, 0.6) is 0 Å². The Morgan fingerprint density at radius 1 is 1.33 bits per heavy atom. The smallest absolute Gasteiger partial charge is 0.216 e. The summed E-state index contributed by atoms with van der Waals surface area (Å²) < 4.78 is 6.06. The maximum Gasteiger partial charge on any atom is 0.216 e. The highest BCUT2D eigenvalue weighted by Gasteiger charge is 2.33. The first-order valence-electron chi connectivity index (χ1n) is 4.55. The summed E-state index contributed by atoms with van der Waals surface area (Å²) in [5.74, 6) is 0. The van der Waals surface area contributed by atoms with Crippen LogP contribution in [0.15, 0.2) is 12.3 Å². The Hall–Kier alpha value is -0.0831. The summed E-state index contributed by atoms with van der Waals surface area (Å²) in [6.45, 7) is 16.8. The Labute approximate surface area is 78.0 Å². The van der Waals surface area contributed by atoms with E-state index in [9.17, 15) is 0 Å². The van der Waals surface area contributed by atoms with Crippen LogP contribution in [0.3, 0.4) is 0 Å². The van der Waals surface area contributed by atoms with Gasteiger partial charge in [-0.3, -0.25) is 0 Å². The summed E-state index contributed by atoms with van der Waals surface area (Å²) in [4.78, 5) is 0. The fourth-order valence-electron chi connectivity index (χ4n) is 1.05. The molecular formula is C10H22OSi. The Bertz CT molecular complexity index is 158. The molecule has 0 aromatic heterocycles. The molecule has 0 bridgehead atoms. The van der Waals surface area contributed by atoms with Crippen molar-refractivity contribution in [1.82, 2.24) is 0 Å². The first-order valence-corrected chi connectivity index (χ1v) is 7.11. The molecule has 1 unspecified atom stereocenters. The van der Waals surface area contributed by atoms with Crippen molar-refractivity contribution >= 4 is 8.32 Å². The third-order valence-electron chi connectivity index (χ3n) is 2.08. The van der Waals surface area contributed by atoms with E-state index in [0.29, 0.717) is 5.54 Å². The van der Waals surface area contributed by atoms with Crippen molar-refractivity contribution in [1.29, 1.82) is 0 Å². The zero-order valence-corrected chi connectivity index (χ0v) is 10.3. The monoisotopic (exact) mass is 186 g/mol. The quantitative estimate of drug-likeness (QED) is 0.613. The predicted molar refractivity (Wildman–Crippen MR) is 57.8 cm³/mol. The first kappa shape index (κ1) is 11.9. The van der Waals surface area contributed by atoms with Gasteiger partial charge < -0.3 is 4.43 Å². The van der Waals surface area contributed by atoms with Crippen molar-refractivity contribution in [3.8, 4) is 0 Å². The van der Waals surface area contributed by atoms with Crippen molar-refractivity contribution in [3.05, 3.63) is 12.3 Å². The van der Waals surface area contributed by atoms with Crippen LogP contribution in [0.25, 0.3) is 0 Å². The van der Waals surface area contributed by atoms with E-state index in [1.165, 1.54) is 0 Å². The molecule has 12 heavy (non-hydrogen) atoms. The van der Waals surface area contributed by atoms with Crippen LogP contribution in [-0.4, -0.2) is 13.9 Å². The molecule has 0 saturated carbocycles. The summed E-state index contributed by atoms with van der Waals surface area (Å²) in [5.41, 5.74) is 2.58. The molecule has 0 saturated heterocycles. The molecule has 0 aliphatic heterocycles. The van der Waals surface area contributed by atoms with E-state index < -0.39 is 8.32 Å². The van der Waals surface area contributed by atoms with Gasteiger partial charge in [-0.05, 0) is 32.9 Å². The zero-order chi connectivity index (χ0) is 9.99. The summed E-state index contributed by atoms with van der Waals surface area (Å²) >= 11 is 0. The van der Waals surface area contributed by atoms with Crippen molar-refractivity contribution in [2.24, 2.45) is 0 Å². The van der Waals surface area contributed by atoms with Gasteiger partial charge in [-0.1, -0.05) is 19.5 Å². The summed E-state index contributed by atoms with van der Waals surface area (Å²) in [6, 6.07) is 0. The van der Waals surface area contributed by atoms with E-state index >= 15 is 0 Å². The minimum absolute atomic E-state index is 0.0422. The van der Waals surface area contributed by atoms with Crippen LogP contribution < -0.4 is 0 Å². The normalized spacial score (nSPS) is 17.6. The van der Waals surface area contributed by atoms with E-state index in [2.05, 4.69) is 47.7 Å². The molecule has 0 amide bonds. The van der Waals surface area contributed by atoms with Crippen LogP contribution in [0.4, 0.5) is 0 Å².